The van der Waals surface area contributed by atoms with Gasteiger partial charge in [0.2, 0.25) is 0 Å². The summed E-state index contributed by atoms with van der Waals surface area (Å²) >= 11 is 0. The lowest BCUT2D eigenvalue weighted by molar-refractivity contribution is -0.125. The van der Waals surface area contributed by atoms with Gasteiger partial charge in [-0.15, -0.1) is 0 Å². The van der Waals surface area contributed by atoms with Crippen LogP contribution < -0.4 is 0 Å². The summed E-state index contributed by atoms with van der Waals surface area (Å²) in [6, 6.07) is 6.61. The van der Waals surface area contributed by atoms with Crippen molar-refractivity contribution in [1.82, 2.24) is 0 Å². The number of hydrogen-bond acceptors (Lipinski definition) is 2. The number of carbonyl (C=O) groups excluding carboxylic acids is 1. The lowest BCUT2D eigenvalue weighted by atomic mass is 9.91. The average Bonchev–Trinajstić information content (AvgIpc) is 2.87. The van der Waals surface area contributed by atoms with Gasteiger partial charge < -0.3 is 4.74 Å². The van der Waals surface area contributed by atoms with E-state index in [9.17, 15) is 4.79 Å². The monoisotopic (exact) mass is 244 g/mol. The molecule has 0 spiro atoms. The van der Waals surface area contributed by atoms with E-state index in [0.717, 1.165) is 26.1 Å². The fourth-order valence-electron chi connectivity index (χ4n) is 3.10. The molecule has 1 aromatic rings. The molecule has 1 saturated heterocycles. The second kappa shape index (κ2) is 5.23. The van der Waals surface area contributed by atoms with Crippen molar-refractivity contribution in [3.63, 3.8) is 0 Å². The molecule has 2 aliphatic rings. The van der Waals surface area contributed by atoms with Crippen LogP contribution in [0, 0.1) is 5.92 Å². The quantitative estimate of drug-likeness (QED) is 0.817. The minimum atomic E-state index is 0.229. The largest absolute Gasteiger partial charge is 0.381 e. The predicted octanol–water partition coefficient (Wildman–Crippen LogP) is 2.71. The maximum absolute atomic E-state index is 12.2. The minimum Gasteiger partial charge on any atom is -0.381 e. The first kappa shape index (κ1) is 11.9. The topological polar surface area (TPSA) is 26.3 Å². The number of rotatable bonds is 3. The molecule has 1 fully saturated rings. The highest BCUT2D eigenvalue weighted by Crippen LogP contribution is 2.24. The van der Waals surface area contributed by atoms with E-state index >= 15 is 0 Å². The van der Waals surface area contributed by atoms with E-state index in [4.69, 9.17) is 4.74 Å². The van der Waals surface area contributed by atoms with Gasteiger partial charge in [0, 0.05) is 25.6 Å². The maximum Gasteiger partial charge on any atom is 0.140 e. The van der Waals surface area contributed by atoms with E-state index in [1.165, 1.54) is 36.0 Å². The Labute approximate surface area is 108 Å². The number of benzene rings is 1. The van der Waals surface area contributed by atoms with Crippen LogP contribution in [0.2, 0.25) is 0 Å². The van der Waals surface area contributed by atoms with Gasteiger partial charge in [-0.1, -0.05) is 18.2 Å². The molecule has 96 valence electrons. The number of fused-ring (bicyclic) bond motifs is 1. The number of carbonyl (C=O) groups is 1. The number of ketones is 1. The van der Waals surface area contributed by atoms with Crippen LogP contribution in [0.3, 0.4) is 0 Å². The van der Waals surface area contributed by atoms with Crippen LogP contribution in [-0.2, 0) is 28.8 Å². The van der Waals surface area contributed by atoms with E-state index < -0.39 is 0 Å². The summed E-state index contributed by atoms with van der Waals surface area (Å²) in [5.41, 5.74) is 4.15. The number of ether oxygens (including phenoxy) is 1. The predicted molar refractivity (Wildman–Crippen MR) is 70.7 cm³/mol. The molecule has 1 aliphatic heterocycles. The van der Waals surface area contributed by atoms with E-state index in [-0.39, 0.29) is 5.92 Å². The van der Waals surface area contributed by atoms with Gasteiger partial charge in [-0.05, 0) is 48.8 Å². The molecule has 3 rings (SSSR count). The van der Waals surface area contributed by atoms with Crippen molar-refractivity contribution in [2.75, 3.05) is 13.2 Å². The van der Waals surface area contributed by atoms with Crippen molar-refractivity contribution in [3.05, 3.63) is 34.9 Å². The second-order valence-electron chi connectivity index (χ2n) is 5.49. The molecule has 0 aromatic heterocycles. The van der Waals surface area contributed by atoms with E-state index in [2.05, 4.69) is 18.2 Å². The van der Waals surface area contributed by atoms with Crippen molar-refractivity contribution in [2.45, 2.75) is 38.5 Å². The minimum absolute atomic E-state index is 0.229. The van der Waals surface area contributed by atoms with Gasteiger partial charge in [0.15, 0.2) is 0 Å². The fraction of sp³-hybridized carbons (Fsp3) is 0.562. The van der Waals surface area contributed by atoms with Crippen LogP contribution in [0.1, 0.15) is 36.0 Å². The Kier molecular flexibility index (Phi) is 3.46. The third-order valence-electron chi connectivity index (χ3n) is 4.22. The summed E-state index contributed by atoms with van der Waals surface area (Å²) in [5.74, 6) is 0.628. The Hall–Kier alpha value is -1.15. The van der Waals surface area contributed by atoms with Gasteiger partial charge in [0.1, 0.15) is 5.78 Å². The summed E-state index contributed by atoms with van der Waals surface area (Å²) in [5, 5.41) is 0. The molecule has 0 radical (unpaired) electrons. The normalized spacial score (nSPS) is 19.8. The Morgan fingerprint density at radius 3 is 2.78 bits per heavy atom. The third-order valence-corrected chi connectivity index (χ3v) is 4.22. The number of aryl methyl sites for hydroxylation is 2. The molecule has 2 heteroatoms. The molecule has 1 aromatic carbocycles. The molecule has 18 heavy (non-hydrogen) atoms. The summed E-state index contributed by atoms with van der Waals surface area (Å²) < 4.78 is 5.31. The third kappa shape index (κ3) is 2.49. The lowest BCUT2D eigenvalue weighted by Crippen LogP contribution is -2.24. The van der Waals surface area contributed by atoms with Crippen LogP contribution in [-0.4, -0.2) is 19.0 Å². The molecule has 1 aliphatic carbocycles. The highest BCUT2D eigenvalue weighted by molar-refractivity contribution is 5.83. The van der Waals surface area contributed by atoms with Crippen LogP contribution in [0.25, 0.3) is 0 Å². The number of Topliss-reactive ketones (excluding diaryl/α,β-unsaturated/α-hetero) is 1. The van der Waals surface area contributed by atoms with E-state index in [1.54, 1.807) is 0 Å². The lowest BCUT2D eigenvalue weighted by Gasteiger charge is -2.20. The highest BCUT2D eigenvalue weighted by Gasteiger charge is 2.22. The molecule has 0 saturated carbocycles. The molecule has 0 bridgehead atoms. The van der Waals surface area contributed by atoms with Gasteiger partial charge >= 0.3 is 0 Å². The summed E-state index contributed by atoms with van der Waals surface area (Å²) in [6.45, 7) is 1.50. The van der Waals surface area contributed by atoms with Crippen LogP contribution in [0.4, 0.5) is 0 Å². The summed E-state index contributed by atoms with van der Waals surface area (Å²) in [6.07, 6.45) is 6.09. The maximum atomic E-state index is 12.2. The average molecular weight is 244 g/mol. The summed E-state index contributed by atoms with van der Waals surface area (Å²) in [7, 11) is 0. The van der Waals surface area contributed by atoms with Gasteiger partial charge in [-0.25, -0.2) is 0 Å². The molecular formula is C16H20O2. The molecule has 0 amide bonds. The van der Waals surface area contributed by atoms with Crippen LogP contribution in [0.15, 0.2) is 18.2 Å². The van der Waals surface area contributed by atoms with Crippen molar-refractivity contribution in [3.8, 4) is 0 Å². The zero-order valence-electron chi connectivity index (χ0n) is 10.8. The fourth-order valence-corrected chi connectivity index (χ4v) is 3.10. The zero-order valence-corrected chi connectivity index (χ0v) is 10.8. The molecule has 2 nitrogen and oxygen atoms in total. The Balaban J connectivity index is 1.66. The van der Waals surface area contributed by atoms with E-state index in [1.807, 2.05) is 0 Å². The molecule has 0 unspecified atom stereocenters. The first-order valence-corrected chi connectivity index (χ1v) is 7.04. The molecule has 0 atom stereocenters. The number of hydrogen-bond donors (Lipinski definition) is 0. The van der Waals surface area contributed by atoms with Crippen molar-refractivity contribution in [2.24, 2.45) is 5.92 Å². The standard InChI is InChI=1S/C16H20O2/c17-16(14-6-8-18-9-7-14)11-12-4-5-13-2-1-3-15(13)10-12/h4-5,10,14H,1-3,6-9,11H2. The van der Waals surface area contributed by atoms with Crippen molar-refractivity contribution in [1.29, 1.82) is 0 Å². The molecule has 1 heterocycles. The Morgan fingerprint density at radius 2 is 1.94 bits per heavy atom. The first-order valence-electron chi connectivity index (χ1n) is 7.04. The summed E-state index contributed by atoms with van der Waals surface area (Å²) in [4.78, 5) is 12.2. The Morgan fingerprint density at radius 1 is 1.17 bits per heavy atom. The molecular weight excluding hydrogens is 224 g/mol. The molecule has 0 N–H and O–H groups in total. The van der Waals surface area contributed by atoms with Gasteiger partial charge in [-0.2, -0.15) is 0 Å². The van der Waals surface area contributed by atoms with Gasteiger partial charge in [-0.3, -0.25) is 4.79 Å². The van der Waals surface area contributed by atoms with Gasteiger partial charge in [0.05, 0.1) is 0 Å². The van der Waals surface area contributed by atoms with Gasteiger partial charge in [0.25, 0.3) is 0 Å². The van der Waals surface area contributed by atoms with E-state index in [0.29, 0.717) is 12.2 Å². The smallest absolute Gasteiger partial charge is 0.140 e. The zero-order chi connectivity index (χ0) is 12.4. The highest BCUT2D eigenvalue weighted by atomic mass is 16.5. The van der Waals surface area contributed by atoms with Crippen LogP contribution in [0.5, 0.6) is 0 Å². The van der Waals surface area contributed by atoms with Crippen molar-refractivity contribution >= 4 is 5.78 Å². The Bertz CT molecular complexity index is 444. The second-order valence-corrected chi connectivity index (χ2v) is 5.49. The van der Waals surface area contributed by atoms with Crippen molar-refractivity contribution < 1.29 is 9.53 Å². The first-order chi connectivity index (χ1) is 8.83. The SMILES string of the molecule is O=C(Cc1ccc2c(c1)CCC2)C1CCOCC1. The van der Waals surface area contributed by atoms with Crippen LogP contribution >= 0.6 is 0 Å².